The highest BCUT2D eigenvalue weighted by Crippen LogP contribution is 2.32. The van der Waals surface area contributed by atoms with Crippen molar-refractivity contribution in [3.63, 3.8) is 0 Å². The van der Waals surface area contributed by atoms with E-state index in [9.17, 15) is 9.59 Å². The molecular weight excluding hydrogens is 468 g/mol. The highest BCUT2D eigenvalue weighted by molar-refractivity contribution is 7.71. The van der Waals surface area contributed by atoms with E-state index < -0.39 is 0 Å². The molecule has 0 saturated heterocycles. The first-order chi connectivity index (χ1) is 17.0. The van der Waals surface area contributed by atoms with E-state index in [1.54, 1.807) is 11.7 Å². The number of amides is 1. The Hall–Kier alpha value is -3.79. The summed E-state index contributed by atoms with van der Waals surface area (Å²) in [5.41, 5.74) is 2.82. The van der Waals surface area contributed by atoms with Crippen LogP contribution in [-0.4, -0.2) is 34.3 Å². The molecule has 2 aromatic carbocycles. The molecule has 5 rings (SSSR count). The molecule has 182 valence electrons. The van der Waals surface area contributed by atoms with Gasteiger partial charge in [-0.05, 0) is 61.0 Å². The zero-order chi connectivity index (χ0) is 24.4. The van der Waals surface area contributed by atoms with E-state index in [2.05, 4.69) is 15.3 Å². The molecular formula is C25H26N4O5S. The fourth-order valence-electron chi connectivity index (χ4n) is 4.27. The second-order valence-electron chi connectivity index (χ2n) is 8.45. The van der Waals surface area contributed by atoms with Crippen LogP contribution < -0.4 is 25.1 Å². The lowest BCUT2D eigenvalue weighted by Gasteiger charge is -2.08. The maximum absolute atomic E-state index is 13.1. The molecule has 0 spiro atoms. The van der Waals surface area contributed by atoms with Crippen molar-refractivity contribution in [1.82, 2.24) is 19.9 Å². The van der Waals surface area contributed by atoms with Gasteiger partial charge in [-0.2, -0.15) is 0 Å². The summed E-state index contributed by atoms with van der Waals surface area (Å²) in [4.78, 5) is 31.7. The van der Waals surface area contributed by atoms with Crippen molar-refractivity contribution in [2.24, 2.45) is 0 Å². The number of carbonyl (C=O) groups is 1. The van der Waals surface area contributed by atoms with Crippen molar-refractivity contribution in [1.29, 1.82) is 0 Å². The first kappa shape index (κ1) is 23.0. The van der Waals surface area contributed by atoms with E-state index in [1.807, 2.05) is 36.4 Å². The molecule has 0 bridgehead atoms. The lowest BCUT2D eigenvalue weighted by atomic mass is 10.1. The molecule has 0 fully saturated rings. The van der Waals surface area contributed by atoms with Gasteiger partial charge in [0.1, 0.15) is 11.3 Å². The molecule has 35 heavy (non-hydrogen) atoms. The minimum absolute atomic E-state index is 0.00736. The summed E-state index contributed by atoms with van der Waals surface area (Å²) < 4.78 is 17.9. The lowest BCUT2D eigenvalue weighted by molar-refractivity contribution is -0.121. The molecule has 10 heteroatoms. The summed E-state index contributed by atoms with van der Waals surface area (Å²) >= 11 is 5.47. The Bertz CT molecular complexity index is 1520. The van der Waals surface area contributed by atoms with Crippen LogP contribution >= 0.6 is 12.2 Å². The third kappa shape index (κ3) is 4.74. The van der Waals surface area contributed by atoms with Gasteiger partial charge in [-0.15, -0.1) is 0 Å². The van der Waals surface area contributed by atoms with Crippen LogP contribution in [0.15, 0.2) is 41.2 Å². The first-order valence-electron chi connectivity index (χ1n) is 11.5. The number of H-pyrrole nitrogens is 2. The van der Waals surface area contributed by atoms with Crippen LogP contribution in [0.2, 0.25) is 0 Å². The van der Waals surface area contributed by atoms with Gasteiger partial charge in [0.05, 0.1) is 12.6 Å². The Kier molecular flexibility index (Phi) is 6.45. The SMILES string of the molecule is COc1ccc2[nH]c3c(=O)n(CCCCCC(=O)NCc4ccc5c(c4)OCO5)c(=S)[nH]c3c2c1. The lowest BCUT2D eigenvalue weighted by Crippen LogP contribution is -2.23. The molecule has 0 saturated carbocycles. The van der Waals surface area contributed by atoms with Crippen molar-refractivity contribution in [2.45, 2.75) is 38.8 Å². The molecule has 2 aromatic heterocycles. The van der Waals surface area contributed by atoms with Crippen LogP contribution in [0.3, 0.4) is 0 Å². The van der Waals surface area contributed by atoms with Gasteiger partial charge in [0.2, 0.25) is 12.7 Å². The van der Waals surface area contributed by atoms with Gasteiger partial charge in [-0.3, -0.25) is 14.2 Å². The van der Waals surface area contributed by atoms with Gasteiger partial charge in [0.15, 0.2) is 16.3 Å². The molecule has 4 aromatic rings. The van der Waals surface area contributed by atoms with E-state index in [1.165, 1.54) is 0 Å². The summed E-state index contributed by atoms with van der Waals surface area (Å²) in [5, 5.41) is 3.80. The third-order valence-electron chi connectivity index (χ3n) is 6.15. The number of methoxy groups -OCH3 is 1. The molecule has 0 unspecified atom stereocenters. The summed E-state index contributed by atoms with van der Waals surface area (Å²) in [6.07, 6.45) is 2.70. The van der Waals surface area contributed by atoms with Crippen LogP contribution in [-0.2, 0) is 17.9 Å². The number of nitrogens with one attached hydrogen (secondary N) is 3. The zero-order valence-corrected chi connectivity index (χ0v) is 20.1. The fourth-order valence-corrected chi connectivity index (χ4v) is 4.54. The minimum Gasteiger partial charge on any atom is -0.497 e. The van der Waals surface area contributed by atoms with E-state index in [0.717, 1.165) is 41.5 Å². The van der Waals surface area contributed by atoms with Crippen molar-refractivity contribution < 1.29 is 19.0 Å². The average molecular weight is 495 g/mol. The summed E-state index contributed by atoms with van der Waals surface area (Å²) in [7, 11) is 1.61. The number of fused-ring (bicyclic) bond motifs is 4. The van der Waals surface area contributed by atoms with Gasteiger partial charge in [-0.25, -0.2) is 0 Å². The number of rotatable bonds is 9. The van der Waals surface area contributed by atoms with Gasteiger partial charge in [0.25, 0.3) is 5.56 Å². The summed E-state index contributed by atoms with van der Waals surface area (Å²) in [6, 6.07) is 11.2. The quantitative estimate of drug-likeness (QED) is 0.238. The smallest absolute Gasteiger partial charge is 0.278 e. The van der Waals surface area contributed by atoms with Crippen molar-refractivity contribution in [3.8, 4) is 17.2 Å². The Balaban J connectivity index is 1.13. The van der Waals surface area contributed by atoms with Gasteiger partial charge in [0, 0.05) is 30.4 Å². The highest BCUT2D eigenvalue weighted by Gasteiger charge is 2.14. The molecule has 1 amide bonds. The van der Waals surface area contributed by atoms with Crippen LogP contribution in [0.25, 0.3) is 21.9 Å². The number of benzene rings is 2. The molecule has 3 N–H and O–H groups in total. The minimum atomic E-state index is -0.152. The summed E-state index contributed by atoms with van der Waals surface area (Å²) in [6.45, 7) is 1.16. The number of hydrogen-bond acceptors (Lipinski definition) is 6. The average Bonchev–Trinajstić information content (AvgIpc) is 3.48. The third-order valence-corrected chi connectivity index (χ3v) is 6.48. The topological polar surface area (TPSA) is 110 Å². The molecule has 0 aliphatic carbocycles. The Labute approximate surface area is 206 Å². The maximum Gasteiger partial charge on any atom is 0.278 e. The first-order valence-corrected chi connectivity index (χ1v) is 11.9. The van der Waals surface area contributed by atoms with Gasteiger partial charge in [-0.1, -0.05) is 12.5 Å². The standard InChI is InChI=1S/C25H26N4O5S/c1-32-16-7-8-18-17(12-16)22-23(27-18)24(31)29(25(35)28-22)10-4-2-3-5-21(30)26-13-15-6-9-19-20(11-15)34-14-33-19/h6-9,11-12,27H,2-5,10,13-14H2,1H3,(H,26,30)(H,28,35). The normalized spacial score (nSPS) is 12.4. The van der Waals surface area contributed by atoms with E-state index >= 15 is 0 Å². The van der Waals surface area contributed by atoms with Crippen LogP contribution in [0, 0.1) is 4.77 Å². The Morgan fingerprint density at radius 1 is 1.09 bits per heavy atom. The van der Waals surface area contributed by atoms with Crippen LogP contribution in [0.5, 0.6) is 17.2 Å². The largest absolute Gasteiger partial charge is 0.497 e. The number of ether oxygens (including phenoxy) is 3. The van der Waals surface area contributed by atoms with E-state index in [4.69, 9.17) is 26.4 Å². The predicted molar refractivity (Wildman–Crippen MR) is 135 cm³/mol. The summed E-state index contributed by atoms with van der Waals surface area (Å²) in [5.74, 6) is 2.13. The monoisotopic (exact) mass is 494 g/mol. The van der Waals surface area contributed by atoms with Gasteiger partial charge >= 0.3 is 0 Å². The number of nitrogens with zero attached hydrogens (tertiary/aromatic N) is 1. The van der Waals surface area contributed by atoms with Crippen molar-refractivity contribution in [2.75, 3.05) is 13.9 Å². The number of unbranched alkanes of at least 4 members (excludes halogenated alkanes) is 2. The predicted octanol–water partition coefficient (Wildman–Crippen LogP) is 4.15. The fraction of sp³-hybridized carbons (Fsp3) is 0.320. The molecule has 3 heterocycles. The second-order valence-corrected chi connectivity index (χ2v) is 8.84. The molecule has 1 aliphatic rings. The second kappa shape index (κ2) is 9.83. The zero-order valence-electron chi connectivity index (χ0n) is 19.3. The van der Waals surface area contributed by atoms with E-state index in [0.29, 0.717) is 46.8 Å². The number of aromatic nitrogens is 3. The van der Waals surface area contributed by atoms with Crippen molar-refractivity contribution in [3.05, 3.63) is 57.1 Å². The molecule has 9 nitrogen and oxygen atoms in total. The molecule has 1 aliphatic heterocycles. The van der Waals surface area contributed by atoms with Gasteiger partial charge < -0.3 is 29.5 Å². The number of hydrogen-bond donors (Lipinski definition) is 3. The number of aromatic amines is 2. The number of carbonyl (C=O) groups excluding carboxylic acids is 1. The molecule has 0 radical (unpaired) electrons. The van der Waals surface area contributed by atoms with Crippen molar-refractivity contribution >= 4 is 40.1 Å². The van der Waals surface area contributed by atoms with Crippen LogP contribution in [0.4, 0.5) is 0 Å². The maximum atomic E-state index is 13.1. The Morgan fingerprint density at radius 2 is 1.94 bits per heavy atom. The molecule has 0 atom stereocenters. The van der Waals surface area contributed by atoms with E-state index in [-0.39, 0.29) is 18.3 Å². The highest BCUT2D eigenvalue weighted by atomic mass is 32.1. The Morgan fingerprint density at radius 3 is 2.80 bits per heavy atom. The van der Waals surface area contributed by atoms with Crippen LogP contribution in [0.1, 0.15) is 31.2 Å².